The highest BCUT2D eigenvalue weighted by Crippen LogP contribution is 2.27. The molecule has 6 heteroatoms. The van der Waals surface area contributed by atoms with Crippen molar-refractivity contribution >= 4 is 21.7 Å². The molecule has 1 amide bonds. The third kappa shape index (κ3) is 2.96. The fourth-order valence-electron chi connectivity index (χ4n) is 2.39. The van der Waals surface area contributed by atoms with E-state index in [1.807, 2.05) is 0 Å². The van der Waals surface area contributed by atoms with Crippen LogP contribution in [-0.2, 0) is 14.9 Å². The van der Waals surface area contributed by atoms with E-state index in [4.69, 9.17) is 4.18 Å². The Labute approximate surface area is 129 Å². The Morgan fingerprint density at radius 1 is 1.00 bits per heavy atom. The van der Waals surface area contributed by atoms with Crippen LogP contribution in [0.5, 0.6) is 5.75 Å². The first kappa shape index (κ1) is 14.6. The molecule has 0 unspecified atom stereocenters. The molecule has 2 aromatic carbocycles. The van der Waals surface area contributed by atoms with Gasteiger partial charge in [0.2, 0.25) is 5.91 Å². The molecule has 0 aromatic heterocycles. The standard InChI is InChI=1S/C16H15NO4S/c18-16-10-5-11-17(16)13-6-4-7-14(12-13)21-22(19,20)15-8-2-1-3-9-15/h1-4,6-9,12H,5,10-11H2. The number of anilines is 1. The highest BCUT2D eigenvalue weighted by molar-refractivity contribution is 7.87. The van der Waals surface area contributed by atoms with Gasteiger partial charge < -0.3 is 9.08 Å². The van der Waals surface area contributed by atoms with Crippen LogP contribution in [0.25, 0.3) is 0 Å². The predicted molar refractivity (Wildman–Crippen MR) is 82.3 cm³/mol. The van der Waals surface area contributed by atoms with Gasteiger partial charge in [0.25, 0.3) is 0 Å². The molecular formula is C16H15NO4S. The quantitative estimate of drug-likeness (QED) is 0.813. The van der Waals surface area contributed by atoms with E-state index in [0.29, 0.717) is 18.7 Å². The summed E-state index contributed by atoms with van der Waals surface area (Å²) in [5, 5.41) is 0. The molecule has 1 aliphatic rings. The Hall–Kier alpha value is -2.34. The van der Waals surface area contributed by atoms with Crippen molar-refractivity contribution in [3.8, 4) is 5.75 Å². The number of nitrogens with zero attached hydrogens (tertiary/aromatic N) is 1. The smallest absolute Gasteiger partial charge is 0.339 e. The zero-order valence-corrected chi connectivity index (χ0v) is 12.6. The molecule has 0 bridgehead atoms. The minimum absolute atomic E-state index is 0.0445. The second-order valence-corrected chi connectivity index (χ2v) is 6.54. The number of amides is 1. The lowest BCUT2D eigenvalue weighted by atomic mass is 10.3. The summed E-state index contributed by atoms with van der Waals surface area (Å²) >= 11 is 0. The van der Waals surface area contributed by atoms with E-state index in [0.717, 1.165) is 6.42 Å². The van der Waals surface area contributed by atoms with E-state index in [2.05, 4.69) is 0 Å². The van der Waals surface area contributed by atoms with Gasteiger partial charge in [0.1, 0.15) is 10.6 Å². The van der Waals surface area contributed by atoms with Crippen molar-refractivity contribution in [2.75, 3.05) is 11.4 Å². The van der Waals surface area contributed by atoms with Crippen LogP contribution in [0.2, 0.25) is 0 Å². The van der Waals surface area contributed by atoms with Crippen LogP contribution in [0.1, 0.15) is 12.8 Å². The van der Waals surface area contributed by atoms with Gasteiger partial charge in [0, 0.05) is 24.7 Å². The van der Waals surface area contributed by atoms with E-state index in [1.165, 1.54) is 12.1 Å². The largest absolute Gasteiger partial charge is 0.379 e. The third-order valence-electron chi connectivity index (χ3n) is 3.44. The number of rotatable bonds is 4. The molecule has 2 aromatic rings. The normalized spacial score (nSPS) is 15.1. The topological polar surface area (TPSA) is 63.7 Å². The van der Waals surface area contributed by atoms with Crippen molar-refractivity contribution in [3.63, 3.8) is 0 Å². The molecule has 114 valence electrons. The third-order valence-corrected chi connectivity index (χ3v) is 4.70. The SMILES string of the molecule is O=C1CCCN1c1cccc(OS(=O)(=O)c2ccccc2)c1. The Balaban J connectivity index is 1.86. The number of hydrogen-bond acceptors (Lipinski definition) is 4. The second-order valence-electron chi connectivity index (χ2n) is 5.00. The van der Waals surface area contributed by atoms with Gasteiger partial charge in [-0.1, -0.05) is 24.3 Å². The molecule has 3 rings (SSSR count). The molecule has 0 N–H and O–H groups in total. The molecule has 22 heavy (non-hydrogen) atoms. The molecule has 0 radical (unpaired) electrons. The van der Waals surface area contributed by atoms with Crippen LogP contribution < -0.4 is 9.08 Å². The first-order chi connectivity index (χ1) is 10.6. The zero-order valence-electron chi connectivity index (χ0n) is 11.8. The molecule has 1 heterocycles. The highest BCUT2D eigenvalue weighted by Gasteiger charge is 2.23. The Kier molecular flexibility index (Phi) is 3.85. The van der Waals surface area contributed by atoms with E-state index in [-0.39, 0.29) is 16.6 Å². The van der Waals surface area contributed by atoms with Crippen molar-refractivity contribution < 1.29 is 17.4 Å². The summed E-state index contributed by atoms with van der Waals surface area (Å²) in [5.41, 5.74) is 0.656. The summed E-state index contributed by atoms with van der Waals surface area (Å²) in [7, 11) is -3.87. The van der Waals surface area contributed by atoms with Crippen molar-refractivity contribution in [1.29, 1.82) is 0 Å². The summed E-state index contributed by atoms with van der Waals surface area (Å²) in [4.78, 5) is 13.5. The Bertz CT molecular complexity index is 787. The van der Waals surface area contributed by atoms with Crippen LogP contribution in [0.4, 0.5) is 5.69 Å². The van der Waals surface area contributed by atoms with E-state index in [9.17, 15) is 13.2 Å². The van der Waals surface area contributed by atoms with Crippen molar-refractivity contribution in [2.24, 2.45) is 0 Å². The average Bonchev–Trinajstić information content (AvgIpc) is 2.94. The molecule has 1 fully saturated rings. The number of carbonyl (C=O) groups excluding carboxylic acids is 1. The van der Waals surface area contributed by atoms with Crippen molar-refractivity contribution in [3.05, 3.63) is 54.6 Å². The monoisotopic (exact) mass is 317 g/mol. The first-order valence-corrected chi connectivity index (χ1v) is 8.37. The van der Waals surface area contributed by atoms with Gasteiger partial charge in [-0.3, -0.25) is 4.79 Å². The van der Waals surface area contributed by atoms with Crippen molar-refractivity contribution in [2.45, 2.75) is 17.7 Å². The fourth-order valence-corrected chi connectivity index (χ4v) is 3.33. The van der Waals surface area contributed by atoms with Crippen LogP contribution in [0.15, 0.2) is 59.5 Å². The number of benzene rings is 2. The first-order valence-electron chi connectivity index (χ1n) is 6.96. The average molecular weight is 317 g/mol. The second kappa shape index (κ2) is 5.81. The predicted octanol–water partition coefficient (Wildman–Crippen LogP) is 2.58. The van der Waals surface area contributed by atoms with Crippen LogP contribution >= 0.6 is 0 Å². The molecule has 0 saturated carbocycles. The maximum absolute atomic E-state index is 12.2. The number of hydrogen-bond donors (Lipinski definition) is 0. The fraction of sp³-hybridized carbons (Fsp3) is 0.188. The lowest BCUT2D eigenvalue weighted by Crippen LogP contribution is -2.23. The Morgan fingerprint density at radius 3 is 2.45 bits per heavy atom. The van der Waals surface area contributed by atoms with Crippen LogP contribution in [0, 0.1) is 0 Å². The van der Waals surface area contributed by atoms with E-state index < -0.39 is 10.1 Å². The molecule has 0 spiro atoms. The maximum Gasteiger partial charge on any atom is 0.339 e. The molecular weight excluding hydrogens is 302 g/mol. The van der Waals surface area contributed by atoms with Gasteiger partial charge in [-0.2, -0.15) is 8.42 Å². The summed E-state index contributed by atoms with van der Waals surface area (Å²) in [5.74, 6) is 0.240. The minimum Gasteiger partial charge on any atom is -0.379 e. The van der Waals surface area contributed by atoms with Crippen molar-refractivity contribution in [1.82, 2.24) is 0 Å². The zero-order chi connectivity index (χ0) is 15.6. The molecule has 1 aliphatic heterocycles. The van der Waals surface area contributed by atoms with Gasteiger partial charge in [0.15, 0.2) is 0 Å². The van der Waals surface area contributed by atoms with E-state index in [1.54, 1.807) is 47.4 Å². The van der Waals surface area contributed by atoms with Crippen LogP contribution in [-0.4, -0.2) is 20.9 Å². The van der Waals surface area contributed by atoms with Gasteiger partial charge >= 0.3 is 10.1 Å². The van der Waals surface area contributed by atoms with Gasteiger partial charge in [0.05, 0.1) is 0 Å². The van der Waals surface area contributed by atoms with Crippen LogP contribution in [0.3, 0.4) is 0 Å². The summed E-state index contributed by atoms with van der Waals surface area (Å²) in [6.45, 7) is 0.647. The highest BCUT2D eigenvalue weighted by atomic mass is 32.2. The van der Waals surface area contributed by atoms with E-state index >= 15 is 0 Å². The maximum atomic E-state index is 12.2. The van der Waals surface area contributed by atoms with Gasteiger partial charge in [-0.05, 0) is 30.7 Å². The summed E-state index contributed by atoms with van der Waals surface area (Å²) in [6.07, 6.45) is 1.33. The molecule has 5 nitrogen and oxygen atoms in total. The van der Waals surface area contributed by atoms with Gasteiger partial charge in [-0.25, -0.2) is 0 Å². The van der Waals surface area contributed by atoms with Gasteiger partial charge in [-0.15, -0.1) is 0 Å². The summed E-state index contributed by atoms with van der Waals surface area (Å²) < 4.78 is 29.5. The Morgan fingerprint density at radius 2 is 1.77 bits per heavy atom. The lowest BCUT2D eigenvalue weighted by Gasteiger charge is -2.16. The lowest BCUT2D eigenvalue weighted by molar-refractivity contribution is -0.117. The molecule has 0 atom stereocenters. The summed E-state index contributed by atoms with van der Waals surface area (Å²) in [6, 6.07) is 14.5. The molecule has 1 saturated heterocycles. The molecule has 0 aliphatic carbocycles. The number of carbonyl (C=O) groups is 1. The minimum atomic E-state index is -3.87.